The molecule has 0 fully saturated rings. The molecule has 0 spiro atoms. The minimum absolute atomic E-state index is 0.117. The van der Waals surface area contributed by atoms with Gasteiger partial charge in [0, 0.05) is 0 Å². The SMILES string of the molecule is Cc1ccc2c(c1)NC(=O)CC(=O)N2. The molecule has 0 radical (unpaired) electrons. The second-order valence-electron chi connectivity index (χ2n) is 3.32. The molecular formula is C10H10N2O2. The van der Waals surface area contributed by atoms with Crippen LogP contribution in [0.4, 0.5) is 11.4 Å². The number of fused-ring (bicyclic) bond motifs is 1. The van der Waals surface area contributed by atoms with Crippen LogP contribution in [0.5, 0.6) is 0 Å². The van der Waals surface area contributed by atoms with Gasteiger partial charge in [0.2, 0.25) is 11.8 Å². The highest BCUT2D eigenvalue weighted by Crippen LogP contribution is 2.25. The minimum atomic E-state index is -0.273. The maximum absolute atomic E-state index is 11.2. The van der Waals surface area contributed by atoms with Crippen LogP contribution >= 0.6 is 0 Å². The van der Waals surface area contributed by atoms with Crippen LogP contribution in [0.1, 0.15) is 12.0 Å². The number of benzene rings is 1. The molecule has 0 aromatic heterocycles. The van der Waals surface area contributed by atoms with E-state index in [1.807, 2.05) is 19.1 Å². The Kier molecular flexibility index (Phi) is 1.96. The van der Waals surface area contributed by atoms with Crippen molar-refractivity contribution in [2.45, 2.75) is 13.3 Å². The van der Waals surface area contributed by atoms with Crippen LogP contribution < -0.4 is 10.6 Å². The summed E-state index contributed by atoms with van der Waals surface area (Å²) in [4.78, 5) is 22.4. The van der Waals surface area contributed by atoms with Gasteiger partial charge in [-0.15, -0.1) is 0 Å². The van der Waals surface area contributed by atoms with Gasteiger partial charge < -0.3 is 10.6 Å². The zero-order valence-electron chi connectivity index (χ0n) is 7.76. The van der Waals surface area contributed by atoms with Gasteiger partial charge in [-0.3, -0.25) is 9.59 Å². The summed E-state index contributed by atoms with van der Waals surface area (Å²) in [6.07, 6.45) is -0.117. The van der Waals surface area contributed by atoms with Crippen molar-refractivity contribution in [3.63, 3.8) is 0 Å². The van der Waals surface area contributed by atoms with Gasteiger partial charge in [-0.1, -0.05) is 6.07 Å². The summed E-state index contributed by atoms with van der Waals surface area (Å²) in [6, 6.07) is 5.50. The average Bonchev–Trinajstić information content (AvgIpc) is 2.21. The molecule has 4 heteroatoms. The molecule has 1 aliphatic rings. The fourth-order valence-electron chi connectivity index (χ4n) is 1.41. The van der Waals surface area contributed by atoms with Crippen molar-refractivity contribution in [1.82, 2.24) is 0 Å². The third-order valence-corrected chi connectivity index (χ3v) is 2.04. The van der Waals surface area contributed by atoms with Gasteiger partial charge in [0.05, 0.1) is 11.4 Å². The molecule has 0 bridgehead atoms. The molecule has 0 unspecified atom stereocenters. The lowest BCUT2D eigenvalue weighted by atomic mass is 10.2. The van der Waals surface area contributed by atoms with Crippen molar-refractivity contribution < 1.29 is 9.59 Å². The van der Waals surface area contributed by atoms with E-state index in [4.69, 9.17) is 0 Å². The van der Waals surface area contributed by atoms with E-state index >= 15 is 0 Å². The Morgan fingerprint density at radius 2 is 1.71 bits per heavy atom. The first-order valence-electron chi connectivity index (χ1n) is 4.35. The minimum Gasteiger partial charge on any atom is -0.324 e. The first kappa shape index (κ1) is 8.74. The van der Waals surface area contributed by atoms with Crippen LogP contribution in [-0.2, 0) is 9.59 Å². The lowest BCUT2D eigenvalue weighted by Gasteiger charge is -2.06. The molecule has 1 aromatic rings. The Balaban J connectivity index is 2.46. The average molecular weight is 190 g/mol. The highest BCUT2D eigenvalue weighted by molar-refractivity contribution is 6.13. The molecule has 4 nitrogen and oxygen atoms in total. The maximum atomic E-state index is 11.2. The third kappa shape index (κ3) is 1.59. The van der Waals surface area contributed by atoms with Gasteiger partial charge in [0.25, 0.3) is 0 Å². The molecule has 0 saturated heterocycles. The third-order valence-electron chi connectivity index (χ3n) is 2.04. The zero-order chi connectivity index (χ0) is 10.1. The second kappa shape index (κ2) is 3.14. The second-order valence-corrected chi connectivity index (χ2v) is 3.32. The molecule has 1 heterocycles. The number of carbonyl (C=O) groups is 2. The van der Waals surface area contributed by atoms with Crippen molar-refractivity contribution in [1.29, 1.82) is 0 Å². The Morgan fingerprint density at radius 3 is 2.43 bits per heavy atom. The van der Waals surface area contributed by atoms with Gasteiger partial charge >= 0.3 is 0 Å². The summed E-state index contributed by atoms with van der Waals surface area (Å²) in [5, 5.41) is 5.33. The normalized spacial score (nSPS) is 15.2. The van der Waals surface area contributed by atoms with Crippen molar-refractivity contribution in [3.05, 3.63) is 23.8 Å². The van der Waals surface area contributed by atoms with E-state index in [0.29, 0.717) is 11.4 Å². The van der Waals surface area contributed by atoms with E-state index in [9.17, 15) is 9.59 Å². The molecule has 1 aromatic carbocycles. The van der Waals surface area contributed by atoms with Gasteiger partial charge in [0.1, 0.15) is 6.42 Å². The number of aryl methyl sites for hydroxylation is 1. The topological polar surface area (TPSA) is 58.2 Å². The summed E-state index contributed by atoms with van der Waals surface area (Å²) >= 11 is 0. The Bertz CT molecular complexity index is 413. The molecule has 14 heavy (non-hydrogen) atoms. The monoisotopic (exact) mass is 190 g/mol. The fourth-order valence-corrected chi connectivity index (χ4v) is 1.41. The van der Waals surface area contributed by atoms with Crippen molar-refractivity contribution in [2.24, 2.45) is 0 Å². The summed E-state index contributed by atoms with van der Waals surface area (Å²) < 4.78 is 0. The van der Waals surface area contributed by atoms with Crippen molar-refractivity contribution in [2.75, 3.05) is 10.6 Å². The predicted molar refractivity (Wildman–Crippen MR) is 53.1 cm³/mol. The molecule has 72 valence electrons. The van der Waals surface area contributed by atoms with Gasteiger partial charge in [-0.05, 0) is 24.6 Å². The number of anilines is 2. The quantitative estimate of drug-likeness (QED) is 0.605. The molecule has 1 aliphatic heterocycles. The fraction of sp³-hybridized carbons (Fsp3) is 0.200. The van der Waals surface area contributed by atoms with Crippen LogP contribution in [0.15, 0.2) is 18.2 Å². The molecule has 0 saturated carbocycles. The van der Waals surface area contributed by atoms with Gasteiger partial charge in [0.15, 0.2) is 0 Å². The largest absolute Gasteiger partial charge is 0.324 e. The van der Waals surface area contributed by atoms with Gasteiger partial charge in [-0.2, -0.15) is 0 Å². The number of amides is 2. The Hall–Kier alpha value is -1.84. The standard InChI is InChI=1S/C10H10N2O2/c1-6-2-3-7-8(4-6)12-10(14)5-9(13)11-7/h2-4H,5H2,1H3,(H,11,13)(H,12,14). The smallest absolute Gasteiger partial charge is 0.233 e. The molecule has 2 N–H and O–H groups in total. The molecule has 0 aliphatic carbocycles. The molecular weight excluding hydrogens is 180 g/mol. The van der Waals surface area contributed by atoms with Crippen LogP contribution in [0.2, 0.25) is 0 Å². The number of rotatable bonds is 0. The lowest BCUT2D eigenvalue weighted by molar-refractivity contribution is -0.123. The van der Waals surface area contributed by atoms with Crippen LogP contribution in [0, 0.1) is 6.92 Å². The molecule has 2 rings (SSSR count). The number of hydrogen-bond acceptors (Lipinski definition) is 2. The summed E-state index contributed by atoms with van der Waals surface area (Å²) in [5.74, 6) is -0.544. The number of hydrogen-bond donors (Lipinski definition) is 2. The summed E-state index contributed by atoms with van der Waals surface area (Å²) in [6.45, 7) is 1.93. The molecule has 0 atom stereocenters. The van der Waals surface area contributed by atoms with Crippen LogP contribution in [-0.4, -0.2) is 11.8 Å². The highest BCUT2D eigenvalue weighted by Gasteiger charge is 2.17. The zero-order valence-corrected chi connectivity index (χ0v) is 7.76. The van der Waals surface area contributed by atoms with Crippen molar-refractivity contribution >= 4 is 23.2 Å². The summed E-state index contributed by atoms with van der Waals surface area (Å²) in [5.41, 5.74) is 2.37. The Morgan fingerprint density at radius 1 is 1.07 bits per heavy atom. The van der Waals surface area contributed by atoms with Crippen molar-refractivity contribution in [3.8, 4) is 0 Å². The van der Waals surface area contributed by atoms with E-state index in [2.05, 4.69) is 10.6 Å². The van der Waals surface area contributed by atoms with E-state index in [-0.39, 0.29) is 18.2 Å². The first-order chi connectivity index (χ1) is 6.65. The highest BCUT2D eigenvalue weighted by atomic mass is 16.2. The van der Waals surface area contributed by atoms with E-state index in [0.717, 1.165) is 5.56 Å². The van der Waals surface area contributed by atoms with Crippen LogP contribution in [0.3, 0.4) is 0 Å². The predicted octanol–water partition coefficient (Wildman–Crippen LogP) is 1.28. The lowest BCUT2D eigenvalue weighted by Crippen LogP contribution is -2.16. The number of nitrogens with one attached hydrogen (secondary N) is 2. The van der Waals surface area contributed by atoms with Gasteiger partial charge in [-0.25, -0.2) is 0 Å². The number of carbonyl (C=O) groups excluding carboxylic acids is 2. The maximum Gasteiger partial charge on any atom is 0.233 e. The molecule has 2 amide bonds. The summed E-state index contributed by atoms with van der Waals surface area (Å²) in [7, 11) is 0. The first-order valence-corrected chi connectivity index (χ1v) is 4.35. The van der Waals surface area contributed by atoms with Crippen LogP contribution in [0.25, 0.3) is 0 Å². The van der Waals surface area contributed by atoms with E-state index < -0.39 is 0 Å². The Labute approximate surface area is 81.3 Å². The van der Waals surface area contributed by atoms with E-state index in [1.165, 1.54) is 0 Å². The van der Waals surface area contributed by atoms with E-state index in [1.54, 1.807) is 6.07 Å².